The van der Waals surface area contributed by atoms with Crippen LogP contribution in [0, 0.1) is 0 Å². The van der Waals surface area contributed by atoms with Crippen LogP contribution in [0.1, 0.15) is 121 Å². The molecular weight excluding hydrogens is 1370 g/mol. The van der Waals surface area contributed by atoms with Crippen molar-refractivity contribution in [2.45, 2.75) is 150 Å². The van der Waals surface area contributed by atoms with Crippen molar-refractivity contribution in [1.82, 2.24) is 21.3 Å². The van der Waals surface area contributed by atoms with Gasteiger partial charge >= 0.3 is 29.9 Å². The van der Waals surface area contributed by atoms with Crippen LogP contribution >= 0.6 is 0 Å². The van der Waals surface area contributed by atoms with E-state index >= 15 is 0 Å². The van der Waals surface area contributed by atoms with Crippen LogP contribution in [-0.2, 0) is 96.0 Å². The second-order valence-corrected chi connectivity index (χ2v) is 30.0. The summed E-state index contributed by atoms with van der Waals surface area (Å²) in [4.78, 5) is 99.7. The first kappa shape index (κ1) is 80.1. The van der Waals surface area contributed by atoms with Gasteiger partial charge in [-0.15, -0.1) is 0 Å². The number of carboxylic acid groups (broad SMARTS) is 4. The molecule has 0 spiro atoms. The lowest BCUT2D eigenvalue weighted by atomic mass is 9.79. The van der Waals surface area contributed by atoms with Gasteiger partial charge in [0, 0.05) is 54.8 Å². The minimum Gasteiger partial charge on any atom is -0.481 e. The number of carbonyl (C=O) groups excluding carboxylic acids is 4. The zero-order valence-electron chi connectivity index (χ0n) is 53.8. The number of nitrogens with one attached hydrogen (secondary N) is 5. The van der Waals surface area contributed by atoms with Gasteiger partial charge in [-0.3, -0.25) is 37.4 Å². The minimum atomic E-state index is -4.79. The topological polar surface area (TPSA) is 517 Å². The van der Waals surface area contributed by atoms with Crippen LogP contribution in [0.2, 0.25) is 0 Å². The van der Waals surface area contributed by atoms with E-state index in [9.17, 15) is 106 Å². The van der Waals surface area contributed by atoms with Crippen LogP contribution in [0.15, 0.2) is 117 Å². The van der Waals surface area contributed by atoms with Crippen molar-refractivity contribution in [3.63, 3.8) is 0 Å². The smallest absolute Gasteiger partial charge is 0.326 e. The number of unbranched alkanes of at least 4 members (excludes halogenated alkanes) is 2. The van der Waals surface area contributed by atoms with E-state index in [4.69, 9.17) is 14.6 Å². The van der Waals surface area contributed by atoms with Crippen molar-refractivity contribution < 1.29 is 120 Å². The highest BCUT2D eigenvalue weighted by Gasteiger charge is 2.41. The zero-order valence-corrected chi connectivity index (χ0v) is 57.0. The van der Waals surface area contributed by atoms with E-state index in [0.29, 0.717) is 52.9 Å². The van der Waals surface area contributed by atoms with E-state index in [1.54, 1.807) is 24.3 Å². The van der Waals surface area contributed by atoms with E-state index in [1.165, 1.54) is 62.4 Å². The van der Waals surface area contributed by atoms with Crippen LogP contribution in [-0.4, -0.2) is 176 Å². The highest BCUT2D eigenvalue weighted by molar-refractivity contribution is 7.86. The summed E-state index contributed by atoms with van der Waals surface area (Å²) in [5.41, 5.74) is 1.08. The molecule has 0 aromatic heterocycles. The third-order valence-corrected chi connectivity index (χ3v) is 19.2. The second kappa shape index (κ2) is 34.7. The normalized spacial score (nSPS) is 16.0. The quantitative estimate of drug-likeness (QED) is 0.0156. The minimum absolute atomic E-state index is 0.0599. The van der Waals surface area contributed by atoms with Gasteiger partial charge in [0.2, 0.25) is 11.8 Å². The molecule has 2 aliphatic rings. The largest absolute Gasteiger partial charge is 0.481 e. The molecule has 5 rings (SSSR count). The van der Waals surface area contributed by atoms with Crippen molar-refractivity contribution in [3.05, 3.63) is 124 Å². The lowest BCUT2D eigenvalue weighted by Gasteiger charge is -2.28. The summed E-state index contributed by atoms with van der Waals surface area (Å²) in [6.45, 7) is 6.22. The predicted octanol–water partition coefficient (Wildman–Crippen LogP) is 4.90. The number of ketones is 1. The number of hydrogen-bond acceptors (Lipinski definition) is 20. The summed E-state index contributed by atoms with van der Waals surface area (Å²) in [6, 6.07) is 7.81. The van der Waals surface area contributed by atoms with Crippen molar-refractivity contribution in [2.24, 2.45) is 0 Å². The van der Waals surface area contributed by atoms with E-state index in [0.717, 1.165) is 12.1 Å². The Balaban J connectivity index is 1.38. The first-order chi connectivity index (χ1) is 45.6. The standard InChI is InChI=1S/C62H80N6O26S4/c1-61(2)45-36-43(98(90,91)92)19-23-50(45)68(30-6-8-33-96(84,85)86)51(61)24-14-39-10-9-11-40(15-25-52(69)62(3,4)44-35-42(97(87,88)89)18-20-46(44)63-29-5-7-32-95(81,82)83)56(39)94-41-16-12-38(13-17-41)34-49(59(78)79)65-54(71)28-31-93-37-64-53(70)26-21-47(57(74)75)66-60(80)67-48(58(76)77)22-27-55(72)73/h12-20,23-25,35-36,47-49,63H,5-11,21-22,26-34,37H2,1-4H3,(H,64,70)(H,65,71)(H,72,73)(H,74,75)(H,76,77)(H,78,79)(H2,66,67,80)(H,81,82,83)(H,84,85,86)(H,87,88,89)(H,90,91,92)/b25-15+,39-14+,51-24+/t47-,48-,49+/m0/s1. The Kier molecular flexibility index (Phi) is 28.4. The number of carbonyl (C=O) groups is 8. The molecule has 0 saturated heterocycles. The third-order valence-electron chi connectivity index (χ3n) is 15.8. The summed E-state index contributed by atoms with van der Waals surface area (Å²) in [7, 11) is -18.0. The molecular formula is C62H80N6O26S4. The maximum atomic E-state index is 14.5. The molecule has 0 bridgehead atoms. The molecule has 3 aromatic carbocycles. The Morgan fingerprint density at radius 3 is 1.83 bits per heavy atom. The molecule has 98 heavy (non-hydrogen) atoms. The van der Waals surface area contributed by atoms with Crippen LogP contribution in [0.3, 0.4) is 0 Å². The lowest BCUT2D eigenvalue weighted by Crippen LogP contribution is -2.51. The van der Waals surface area contributed by atoms with Crippen LogP contribution in [0.25, 0.3) is 0 Å². The molecule has 36 heteroatoms. The summed E-state index contributed by atoms with van der Waals surface area (Å²) in [5, 5.41) is 49.5. The molecule has 32 nitrogen and oxygen atoms in total. The summed E-state index contributed by atoms with van der Waals surface area (Å²) in [5.74, 6) is -8.48. The van der Waals surface area contributed by atoms with Crippen molar-refractivity contribution in [2.75, 3.05) is 48.1 Å². The average molecular weight is 1450 g/mol. The third kappa shape index (κ3) is 24.7. The van der Waals surface area contributed by atoms with Gasteiger partial charge in [0.15, 0.2) is 5.78 Å². The first-order valence-electron chi connectivity index (χ1n) is 30.5. The lowest BCUT2D eigenvalue weighted by molar-refractivity contribution is -0.142. The van der Waals surface area contributed by atoms with Gasteiger partial charge in [0.05, 0.1) is 39.7 Å². The SMILES string of the molecule is CC(C)(C(=O)/C=C/C1=C(Oc2ccc(C[C@@H](NC(=O)CCOCNC(=O)CC[C@H](NC(=O)N[C@@H](CCC(=O)O)C(=O)O)C(=O)O)C(=O)O)cc2)C(=C/C=C2/N(CCCCS(=O)(=O)O)c3ccc(S(=O)(=O)O)cc3C2(C)C)/CCC1)c1cc(S(=O)(=O)O)ccc1NCCCCS(=O)(=O)O. The predicted molar refractivity (Wildman–Crippen MR) is 351 cm³/mol. The van der Waals surface area contributed by atoms with Crippen molar-refractivity contribution >= 4 is 99.4 Å². The maximum Gasteiger partial charge on any atom is 0.326 e. The fourth-order valence-electron chi connectivity index (χ4n) is 10.5. The Hall–Kier alpha value is -8.62. The monoisotopic (exact) mass is 1450 g/mol. The first-order valence-corrected chi connectivity index (χ1v) is 36.6. The van der Waals surface area contributed by atoms with Gasteiger partial charge < -0.3 is 61.4 Å². The fraction of sp³-hybridized carbons (Fsp3) is 0.452. The van der Waals surface area contributed by atoms with E-state index < -0.39 is 166 Å². The number of nitrogens with zero attached hydrogens (tertiary/aromatic N) is 1. The molecule has 4 amide bonds. The number of ether oxygens (including phenoxy) is 2. The second-order valence-electron chi connectivity index (χ2n) is 24.0. The number of urea groups is 1. The number of carboxylic acids is 4. The average Bonchev–Trinajstić information content (AvgIpc) is 1.58. The molecule has 3 atom stereocenters. The summed E-state index contributed by atoms with van der Waals surface area (Å²) in [6.07, 6.45) is 5.50. The number of amides is 4. The highest BCUT2D eigenvalue weighted by Crippen LogP contribution is 2.49. The summed E-state index contributed by atoms with van der Waals surface area (Å²) < 4.78 is 146. The molecule has 0 unspecified atom stereocenters. The molecule has 3 aromatic rings. The Labute approximate surface area is 566 Å². The van der Waals surface area contributed by atoms with Crippen LogP contribution in [0.4, 0.5) is 16.2 Å². The molecule has 0 fully saturated rings. The van der Waals surface area contributed by atoms with Crippen LogP contribution < -0.4 is 36.2 Å². The van der Waals surface area contributed by atoms with Gasteiger partial charge in [-0.1, -0.05) is 38.1 Å². The van der Waals surface area contributed by atoms with Crippen molar-refractivity contribution in [1.29, 1.82) is 0 Å². The van der Waals surface area contributed by atoms with E-state index in [1.807, 2.05) is 29.4 Å². The summed E-state index contributed by atoms with van der Waals surface area (Å²) >= 11 is 0. The number of rotatable bonds is 39. The highest BCUT2D eigenvalue weighted by atomic mass is 32.2. The molecule has 13 N–H and O–H groups in total. The Bertz CT molecular complexity index is 4090. The molecule has 0 saturated carbocycles. The van der Waals surface area contributed by atoms with Gasteiger partial charge in [-0.25, -0.2) is 19.2 Å². The van der Waals surface area contributed by atoms with Gasteiger partial charge in [-0.05, 0) is 160 Å². The number of fused-ring (bicyclic) bond motifs is 1. The van der Waals surface area contributed by atoms with Crippen LogP contribution in [0.5, 0.6) is 5.75 Å². The van der Waals surface area contributed by atoms with Crippen molar-refractivity contribution in [3.8, 4) is 5.75 Å². The number of aliphatic carboxylic acids is 4. The molecule has 538 valence electrons. The zero-order chi connectivity index (χ0) is 73.1. The molecule has 1 aliphatic carbocycles. The van der Waals surface area contributed by atoms with Gasteiger partial charge in [-0.2, -0.15) is 33.7 Å². The fourth-order valence-corrected chi connectivity index (χ4v) is 12.7. The molecule has 0 radical (unpaired) electrons. The molecule has 1 heterocycles. The van der Waals surface area contributed by atoms with E-state index in [2.05, 4.69) is 16.0 Å². The number of anilines is 2. The van der Waals surface area contributed by atoms with Gasteiger partial charge in [0.1, 0.15) is 36.4 Å². The maximum absolute atomic E-state index is 14.5. The number of benzene rings is 3. The number of hydrogen-bond donors (Lipinski definition) is 13. The Morgan fingerprint density at radius 2 is 1.24 bits per heavy atom. The Morgan fingerprint density at radius 1 is 0.663 bits per heavy atom. The molecule has 1 aliphatic heterocycles. The number of allylic oxidation sites excluding steroid dienone is 7. The van der Waals surface area contributed by atoms with E-state index in [-0.39, 0.29) is 85.9 Å². The van der Waals surface area contributed by atoms with Gasteiger partial charge in [0.25, 0.3) is 40.5 Å².